The lowest BCUT2D eigenvalue weighted by Gasteiger charge is -2.25. The van der Waals surface area contributed by atoms with Crippen LogP contribution in [0.5, 0.6) is 5.75 Å². The molecule has 2 aromatic rings. The van der Waals surface area contributed by atoms with Crippen LogP contribution in [0.3, 0.4) is 0 Å². The van der Waals surface area contributed by atoms with E-state index in [1.54, 1.807) is 0 Å². The van der Waals surface area contributed by atoms with E-state index in [-0.39, 0.29) is 17.9 Å². The van der Waals surface area contributed by atoms with Crippen molar-refractivity contribution >= 4 is 35.3 Å². The first kappa shape index (κ1) is 28.9. The lowest BCUT2D eigenvalue weighted by Crippen LogP contribution is -2.56. The van der Waals surface area contributed by atoms with Crippen molar-refractivity contribution in [3.63, 3.8) is 0 Å². The summed E-state index contributed by atoms with van der Waals surface area (Å²) in [6.45, 7) is -0.683. The number of carbonyl (C=O) groups excluding carboxylic acids is 4. The van der Waals surface area contributed by atoms with Crippen molar-refractivity contribution in [2.45, 2.75) is 43.6 Å². The van der Waals surface area contributed by atoms with Crippen LogP contribution in [0, 0.1) is 16.0 Å². The van der Waals surface area contributed by atoms with Crippen LogP contribution >= 0.6 is 0 Å². The van der Waals surface area contributed by atoms with E-state index in [0.29, 0.717) is 12.8 Å². The van der Waals surface area contributed by atoms with Crippen molar-refractivity contribution in [3.8, 4) is 5.75 Å². The second-order valence-corrected chi connectivity index (χ2v) is 9.76. The third-order valence-electron chi connectivity index (χ3n) is 6.89. The number of aliphatic carboxylic acids is 1. The number of nitrogens with two attached hydrogens (primary N) is 1. The predicted octanol–water partition coefficient (Wildman–Crippen LogP) is -1.32. The molecule has 0 aromatic heterocycles. The second-order valence-electron chi connectivity index (χ2n) is 9.76. The van der Waals surface area contributed by atoms with E-state index < -0.39 is 76.8 Å². The van der Waals surface area contributed by atoms with Crippen LogP contribution in [-0.2, 0) is 48.0 Å². The lowest BCUT2D eigenvalue weighted by molar-refractivity contribution is -0.385. The summed E-state index contributed by atoms with van der Waals surface area (Å²) in [7, 11) is 0. The number of phenols is 1. The number of amides is 4. The molecule has 0 unspecified atom stereocenters. The minimum absolute atomic E-state index is 0.200. The highest BCUT2D eigenvalue weighted by Gasteiger charge is 2.51. The lowest BCUT2D eigenvalue weighted by atomic mass is 9.95. The van der Waals surface area contributed by atoms with E-state index in [0.717, 1.165) is 23.3 Å². The van der Waals surface area contributed by atoms with Crippen LogP contribution < -0.4 is 21.7 Å². The first-order chi connectivity index (χ1) is 19.4. The second kappa shape index (κ2) is 12.0. The van der Waals surface area contributed by atoms with E-state index in [4.69, 9.17) is 15.6 Å². The Morgan fingerprint density at radius 2 is 1.66 bits per heavy atom. The molecule has 1 fully saturated rings. The number of epoxide rings is 1. The molecule has 2 aliphatic rings. The van der Waals surface area contributed by atoms with E-state index in [2.05, 4.69) is 16.0 Å². The molecule has 4 atom stereocenters. The zero-order valence-corrected chi connectivity index (χ0v) is 21.4. The smallest absolute Gasteiger partial charge is 0.322 e. The van der Waals surface area contributed by atoms with Crippen molar-refractivity contribution in [2.24, 2.45) is 11.7 Å². The fourth-order valence-electron chi connectivity index (χ4n) is 4.82. The fourth-order valence-corrected chi connectivity index (χ4v) is 4.82. The van der Waals surface area contributed by atoms with Crippen molar-refractivity contribution in [1.29, 1.82) is 0 Å². The third kappa shape index (κ3) is 6.94. The van der Waals surface area contributed by atoms with E-state index in [9.17, 15) is 39.2 Å². The Bertz CT molecular complexity index is 1390. The number of carboxylic acid groups (broad SMARTS) is 1. The van der Waals surface area contributed by atoms with Crippen LogP contribution in [0.4, 0.5) is 5.69 Å². The molecule has 0 bridgehead atoms. The summed E-state index contributed by atoms with van der Waals surface area (Å²) >= 11 is 0. The number of hydrogen-bond donors (Lipinski definition) is 6. The molecule has 41 heavy (non-hydrogen) atoms. The van der Waals surface area contributed by atoms with Crippen molar-refractivity contribution in [1.82, 2.24) is 16.0 Å². The topological polar surface area (TPSA) is 244 Å². The minimum Gasteiger partial charge on any atom is -0.502 e. The molecule has 1 aliphatic carbocycles. The third-order valence-corrected chi connectivity index (χ3v) is 6.89. The average Bonchev–Trinajstić information content (AvgIpc) is 3.62. The predicted molar refractivity (Wildman–Crippen MR) is 138 cm³/mol. The quantitative estimate of drug-likeness (QED) is 0.1000. The SMILES string of the molecule is NC(=O)[C@H](NC(=O)[C@@H](Cc1ccc(O)c([N+](=O)[O-])c1)NC(=O)[C@H]1O[C@@H]1C(=O)NCC(=O)O)C1Cc2ccccc2C1. The molecule has 1 heterocycles. The summed E-state index contributed by atoms with van der Waals surface area (Å²) in [4.78, 5) is 71.9. The van der Waals surface area contributed by atoms with Crippen molar-refractivity contribution < 1.29 is 43.8 Å². The maximum absolute atomic E-state index is 13.4. The molecule has 1 saturated heterocycles. The molecule has 216 valence electrons. The Hall–Kier alpha value is -5.05. The zero-order chi connectivity index (χ0) is 29.8. The van der Waals surface area contributed by atoms with Crippen LogP contribution in [-0.4, -0.2) is 75.6 Å². The Kier molecular flexibility index (Phi) is 8.47. The molecule has 0 spiro atoms. The number of primary amides is 1. The number of nitro groups is 1. The number of nitrogens with one attached hydrogen (secondary N) is 3. The number of nitrogens with zero attached hydrogens (tertiary/aromatic N) is 1. The zero-order valence-electron chi connectivity index (χ0n) is 21.4. The molecule has 4 rings (SSSR count). The molecule has 15 heteroatoms. The molecule has 7 N–H and O–H groups in total. The summed E-state index contributed by atoms with van der Waals surface area (Å²) in [5.74, 6) is -5.57. The number of carboxylic acids is 1. The van der Waals surface area contributed by atoms with Gasteiger partial charge < -0.3 is 36.6 Å². The van der Waals surface area contributed by atoms with Gasteiger partial charge in [-0.1, -0.05) is 30.3 Å². The molecule has 1 aliphatic heterocycles. The molecule has 0 saturated carbocycles. The van der Waals surface area contributed by atoms with E-state index in [1.807, 2.05) is 24.3 Å². The first-order valence-corrected chi connectivity index (χ1v) is 12.5. The molecule has 2 aromatic carbocycles. The standard InChI is InChI=1S/C26H27N5O10/c27-23(35)20(15-9-13-3-1-2-4-14(13)10-15)30-24(36)16(7-12-5-6-18(32)17(8-12)31(39)40)29-26(38)22-21(41-22)25(37)28-11-19(33)34/h1-6,8,15-16,20-22,32H,7,9-11H2,(H2,27,35)(H,28,37)(H,29,38)(H,30,36)(H,33,34)/t16-,20-,21+,22+/m1/s1. The van der Waals surface area contributed by atoms with Gasteiger partial charge in [0.25, 0.3) is 11.8 Å². The first-order valence-electron chi connectivity index (χ1n) is 12.5. The summed E-state index contributed by atoms with van der Waals surface area (Å²) in [5.41, 5.74) is 7.24. The summed E-state index contributed by atoms with van der Waals surface area (Å²) < 4.78 is 5.06. The number of ether oxygens (including phenoxy) is 1. The number of hydrogen-bond acceptors (Lipinski definition) is 9. The number of aromatic hydroxyl groups is 1. The molecule has 0 radical (unpaired) electrons. The van der Waals surface area contributed by atoms with Gasteiger partial charge in [0.1, 0.15) is 18.6 Å². The van der Waals surface area contributed by atoms with Gasteiger partial charge >= 0.3 is 11.7 Å². The van der Waals surface area contributed by atoms with Gasteiger partial charge in [0.05, 0.1) is 4.92 Å². The molecule has 4 amide bonds. The van der Waals surface area contributed by atoms with Crippen LogP contribution in [0.15, 0.2) is 42.5 Å². The largest absolute Gasteiger partial charge is 0.502 e. The Labute approximate surface area is 232 Å². The van der Waals surface area contributed by atoms with Crippen molar-refractivity contribution in [3.05, 3.63) is 69.3 Å². The maximum atomic E-state index is 13.4. The number of carbonyl (C=O) groups is 5. The van der Waals surface area contributed by atoms with Crippen molar-refractivity contribution in [2.75, 3.05) is 6.54 Å². The normalized spacial score (nSPS) is 18.8. The number of phenolic OH excluding ortho intramolecular Hbond substituents is 1. The van der Waals surface area contributed by atoms with E-state index in [1.165, 1.54) is 6.07 Å². The van der Waals surface area contributed by atoms with Gasteiger partial charge in [-0.15, -0.1) is 0 Å². The average molecular weight is 570 g/mol. The van der Waals surface area contributed by atoms with Gasteiger partial charge in [0.2, 0.25) is 11.8 Å². The Balaban J connectivity index is 1.51. The van der Waals surface area contributed by atoms with Gasteiger partial charge in [-0.2, -0.15) is 0 Å². The van der Waals surface area contributed by atoms with Gasteiger partial charge in [0, 0.05) is 12.5 Å². The summed E-state index contributed by atoms with van der Waals surface area (Å²) in [6, 6.07) is 8.47. The Morgan fingerprint density at radius 1 is 1.02 bits per heavy atom. The number of fused-ring (bicyclic) bond motifs is 1. The van der Waals surface area contributed by atoms with E-state index >= 15 is 0 Å². The minimum atomic E-state index is -1.40. The van der Waals surface area contributed by atoms with Gasteiger partial charge in [0.15, 0.2) is 18.0 Å². The highest BCUT2D eigenvalue weighted by Crippen LogP contribution is 2.30. The molecular weight excluding hydrogens is 542 g/mol. The Morgan fingerprint density at radius 3 is 2.24 bits per heavy atom. The van der Waals surface area contributed by atoms with Gasteiger partial charge in [-0.3, -0.25) is 34.1 Å². The van der Waals surface area contributed by atoms with Gasteiger partial charge in [-0.05, 0) is 41.5 Å². The van der Waals surface area contributed by atoms with Gasteiger partial charge in [-0.25, -0.2) is 0 Å². The highest BCUT2D eigenvalue weighted by atomic mass is 16.6. The molecular formula is C26H27N5O10. The summed E-state index contributed by atoms with van der Waals surface area (Å²) in [5, 5.41) is 36.9. The number of benzene rings is 2. The summed E-state index contributed by atoms with van der Waals surface area (Å²) in [6.07, 6.45) is -1.92. The fraction of sp³-hybridized carbons (Fsp3) is 0.346. The number of rotatable bonds is 12. The highest BCUT2D eigenvalue weighted by molar-refractivity contribution is 5.98. The van der Waals surface area contributed by atoms with Crippen LogP contribution in [0.1, 0.15) is 16.7 Å². The maximum Gasteiger partial charge on any atom is 0.322 e. The number of nitro benzene ring substituents is 1. The van der Waals surface area contributed by atoms with Crippen LogP contribution in [0.25, 0.3) is 0 Å². The molecule has 15 nitrogen and oxygen atoms in total. The monoisotopic (exact) mass is 569 g/mol. The van der Waals surface area contributed by atoms with Crippen LogP contribution in [0.2, 0.25) is 0 Å².